The predicted octanol–water partition coefficient (Wildman–Crippen LogP) is 2.45. The summed E-state index contributed by atoms with van der Waals surface area (Å²) >= 11 is 0. The number of hydrogen-bond donors (Lipinski definition) is 2. The minimum Gasteiger partial charge on any atom is -0.444 e. The molecule has 0 radical (unpaired) electrons. The van der Waals surface area contributed by atoms with Crippen molar-refractivity contribution < 1.29 is 23.4 Å². The van der Waals surface area contributed by atoms with Crippen molar-refractivity contribution in [2.75, 3.05) is 6.61 Å². The summed E-state index contributed by atoms with van der Waals surface area (Å²) < 4.78 is 32.6. The van der Waals surface area contributed by atoms with Crippen LogP contribution in [0.5, 0.6) is 0 Å². The van der Waals surface area contributed by atoms with Gasteiger partial charge < -0.3 is 15.2 Å². The van der Waals surface area contributed by atoms with Crippen LogP contribution in [0.15, 0.2) is 0 Å². The van der Waals surface area contributed by atoms with Crippen LogP contribution in [-0.4, -0.2) is 34.9 Å². The van der Waals surface area contributed by atoms with E-state index in [1.807, 2.05) is 0 Å². The molecule has 0 heterocycles. The first-order valence-electron chi connectivity index (χ1n) is 6.12. The lowest BCUT2D eigenvalue weighted by atomic mass is 9.90. The molecule has 0 bridgehead atoms. The topological polar surface area (TPSA) is 58.6 Å². The van der Waals surface area contributed by atoms with Crippen LogP contribution >= 0.6 is 0 Å². The lowest BCUT2D eigenvalue weighted by Gasteiger charge is -2.37. The summed E-state index contributed by atoms with van der Waals surface area (Å²) in [6.45, 7) is 3.72. The van der Waals surface area contributed by atoms with Gasteiger partial charge in [0.25, 0.3) is 5.92 Å². The normalized spacial score (nSPS) is 19.7. The maximum absolute atomic E-state index is 13.8. The molecule has 1 fully saturated rings. The molecule has 6 heteroatoms. The van der Waals surface area contributed by atoms with Crippen molar-refractivity contribution in [3.8, 4) is 0 Å². The molecule has 1 rings (SSSR count). The number of carbonyl (C=O) groups is 1. The molecule has 0 unspecified atom stereocenters. The lowest BCUT2D eigenvalue weighted by Crippen LogP contribution is -2.61. The van der Waals surface area contributed by atoms with Crippen molar-refractivity contribution in [3.63, 3.8) is 0 Å². The number of halogens is 2. The van der Waals surface area contributed by atoms with Crippen LogP contribution in [0.3, 0.4) is 0 Å². The molecular formula is C12H21F2NO3. The van der Waals surface area contributed by atoms with Crippen molar-refractivity contribution in [2.24, 2.45) is 0 Å². The zero-order valence-corrected chi connectivity index (χ0v) is 11.1. The third-order valence-corrected chi connectivity index (χ3v) is 3.10. The number of hydrogen-bond acceptors (Lipinski definition) is 3. The number of amides is 1. The second-order valence-electron chi connectivity index (χ2n) is 5.78. The SMILES string of the molecule is CC(C)(C)OC(=O)NC1(C(F)(F)CO)CCCC1. The van der Waals surface area contributed by atoms with Crippen LogP contribution in [0.4, 0.5) is 13.6 Å². The van der Waals surface area contributed by atoms with Crippen molar-refractivity contribution in [1.29, 1.82) is 0 Å². The number of ether oxygens (including phenoxy) is 1. The largest absolute Gasteiger partial charge is 0.444 e. The Balaban J connectivity index is 2.79. The van der Waals surface area contributed by atoms with Gasteiger partial charge in [0.2, 0.25) is 0 Å². The molecule has 106 valence electrons. The Labute approximate surface area is 106 Å². The predicted molar refractivity (Wildman–Crippen MR) is 62.6 cm³/mol. The fourth-order valence-corrected chi connectivity index (χ4v) is 2.21. The first-order valence-corrected chi connectivity index (χ1v) is 6.12. The van der Waals surface area contributed by atoms with Crippen molar-refractivity contribution >= 4 is 6.09 Å². The van der Waals surface area contributed by atoms with Crippen molar-refractivity contribution in [1.82, 2.24) is 5.32 Å². The zero-order valence-electron chi connectivity index (χ0n) is 11.1. The van der Waals surface area contributed by atoms with E-state index in [9.17, 15) is 13.6 Å². The van der Waals surface area contributed by atoms with Gasteiger partial charge in [-0.05, 0) is 33.6 Å². The first kappa shape index (κ1) is 15.1. The van der Waals surface area contributed by atoms with E-state index in [1.54, 1.807) is 20.8 Å². The average Bonchev–Trinajstić information content (AvgIpc) is 2.64. The monoisotopic (exact) mass is 265 g/mol. The Morgan fingerprint density at radius 3 is 2.22 bits per heavy atom. The van der Waals surface area contributed by atoms with Gasteiger partial charge in [0.05, 0.1) is 0 Å². The molecular weight excluding hydrogens is 244 g/mol. The maximum Gasteiger partial charge on any atom is 0.408 e. The second kappa shape index (κ2) is 4.99. The Morgan fingerprint density at radius 2 is 1.83 bits per heavy atom. The molecule has 1 amide bonds. The van der Waals surface area contributed by atoms with Crippen LogP contribution in [0.1, 0.15) is 46.5 Å². The van der Waals surface area contributed by atoms with E-state index in [-0.39, 0.29) is 12.8 Å². The highest BCUT2D eigenvalue weighted by molar-refractivity contribution is 5.69. The summed E-state index contributed by atoms with van der Waals surface area (Å²) in [6.07, 6.45) is 0.647. The minimum absolute atomic E-state index is 0.153. The van der Waals surface area contributed by atoms with Gasteiger partial charge in [-0.2, -0.15) is 0 Å². The number of carbonyl (C=O) groups excluding carboxylic acids is 1. The Bertz CT molecular complexity index is 307. The molecule has 2 N–H and O–H groups in total. The highest BCUT2D eigenvalue weighted by atomic mass is 19.3. The summed E-state index contributed by atoms with van der Waals surface area (Å²) in [5.41, 5.74) is -2.41. The third kappa shape index (κ3) is 3.31. The van der Waals surface area contributed by atoms with Gasteiger partial charge in [0, 0.05) is 0 Å². The molecule has 1 saturated carbocycles. The number of alkyl halides is 2. The highest BCUT2D eigenvalue weighted by Gasteiger charge is 2.55. The van der Waals surface area contributed by atoms with Gasteiger partial charge >= 0.3 is 6.09 Å². The number of nitrogens with one attached hydrogen (secondary N) is 1. The molecule has 0 aromatic heterocycles. The summed E-state index contributed by atoms with van der Waals surface area (Å²) in [5.74, 6) is -3.33. The smallest absolute Gasteiger partial charge is 0.408 e. The van der Waals surface area contributed by atoms with Gasteiger partial charge in [-0.25, -0.2) is 13.6 Å². The second-order valence-corrected chi connectivity index (χ2v) is 5.78. The molecule has 0 aromatic carbocycles. The molecule has 18 heavy (non-hydrogen) atoms. The number of rotatable bonds is 3. The fourth-order valence-electron chi connectivity index (χ4n) is 2.21. The van der Waals surface area contributed by atoms with Crippen LogP contribution in [-0.2, 0) is 4.74 Å². The number of aliphatic hydroxyl groups is 1. The van der Waals surface area contributed by atoms with Crippen LogP contribution in [0.25, 0.3) is 0 Å². The fraction of sp³-hybridized carbons (Fsp3) is 0.917. The van der Waals surface area contributed by atoms with E-state index < -0.39 is 29.8 Å². The zero-order chi connectivity index (χ0) is 14.0. The van der Waals surface area contributed by atoms with E-state index in [2.05, 4.69) is 5.32 Å². The first-order chi connectivity index (χ1) is 8.12. The number of aliphatic hydroxyl groups excluding tert-OH is 1. The Kier molecular flexibility index (Phi) is 4.20. The molecule has 0 atom stereocenters. The van der Waals surface area contributed by atoms with Crippen molar-refractivity contribution in [3.05, 3.63) is 0 Å². The lowest BCUT2D eigenvalue weighted by molar-refractivity contribution is -0.121. The van der Waals surface area contributed by atoms with Crippen molar-refractivity contribution in [2.45, 2.75) is 63.5 Å². The average molecular weight is 265 g/mol. The third-order valence-electron chi connectivity index (χ3n) is 3.10. The maximum atomic E-state index is 13.8. The minimum atomic E-state index is -3.33. The van der Waals surface area contributed by atoms with E-state index in [4.69, 9.17) is 9.84 Å². The summed E-state index contributed by atoms with van der Waals surface area (Å²) in [7, 11) is 0. The van der Waals surface area contributed by atoms with Gasteiger partial charge in [-0.15, -0.1) is 0 Å². The molecule has 1 aliphatic carbocycles. The summed E-state index contributed by atoms with van der Waals surface area (Å²) in [4.78, 5) is 11.6. The van der Waals surface area contributed by atoms with Gasteiger partial charge in [-0.3, -0.25) is 0 Å². The molecule has 1 aliphatic rings. The quantitative estimate of drug-likeness (QED) is 0.824. The molecule has 0 spiro atoms. The van der Waals surface area contributed by atoms with E-state index in [1.165, 1.54) is 0 Å². The van der Waals surface area contributed by atoms with E-state index in [0.717, 1.165) is 0 Å². The summed E-state index contributed by atoms with van der Waals surface area (Å²) in [6, 6.07) is 0. The van der Waals surface area contributed by atoms with Crippen LogP contribution < -0.4 is 5.32 Å². The standard InChI is InChI=1S/C12H21F2NO3/c1-10(2,3)18-9(17)15-11(6-4-5-7-11)12(13,14)8-16/h16H,4-8H2,1-3H3,(H,15,17). The Hall–Kier alpha value is -0.910. The molecule has 4 nitrogen and oxygen atoms in total. The van der Waals surface area contributed by atoms with Crippen LogP contribution in [0, 0.1) is 0 Å². The molecule has 0 aromatic rings. The Morgan fingerprint density at radius 1 is 1.33 bits per heavy atom. The van der Waals surface area contributed by atoms with E-state index in [0.29, 0.717) is 12.8 Å². The molecule has 0 aliphatic heterocycles. The van der Waals surface area contributed by atoms with Crippen LogP contribution in [0.2, 0.25) is 0 Å². The summed E-state index contributed by atoms with van der Waals surface area (Å²) in [5, 5.41) is 11.1. The highest BCUT2D eigenvalue weighted by Crippen LogP contribution is 2.41. The number of alkyl carbamates (subject to hydrolysis) is 1. The van der Waals surface area contributed by atoms with Gasteiger partial charge in [0.1, 0.15) is 17.7 Å². The van der Waals surface area contributed by atoms with E-state index >= 15 is 0 Å². The molecule has 0 saturated heterocycles. The van der Waals surface area contributed by atoms with Gasteiger partial charge in [-0.1, -0.05) is 12.8 Å². The van der Waals surface area contributed by atoms with Gasteiger partial charge in [0.15, 0.2) is 0 Å².